The van der Waals surface area contributed by atoms with Crippen LogP contribution in [0.2, 0.25) is 0 Å². The Labute approximate surface area is 112 Å². The summed E-state index contributed by atoms with van der Waals surface area (Å²) in [6.45, 7) is 0.933. The van der Waals surface area contributed by atoms with Crippen LogP contribution in [0.5, 0.6) is 0 Å². The van der Waals surface area contributed by atoms with Crippen LogP contribution in [0.15, 0.2) is 47.1 Å². The highest BCUT2D eigenvalue weighted by molar-refractivity contribution is 7.20. The Morgan fingerprint density at radius 3 is 3.16 bits per heavy atom. The number of rotatable bonds is 0. The summed E-state index contributed by atoms with van der Waals surface area (Å²) >= 11 is 1.72. The van der Waals surface area contributed by atoms with Gasteiger partial charge < -0.3 is 4.42 Å². The topological polar surface area (TPSA) is 29.9 Å². The van der Waals surface area contributed by atoms with Crippen LogP contribution < -0.4 is 4.57 Å². The lowest BCUT2D eigenvalue weighted by Gasteiger charge is -1.89. The molecule has 1 aromatic carbocycles. The molecule has 0 radical (unpaired) electrons. The summed E-state index contributed by atoms with van der Waals surface area (Å²) in [6, 6.07) is 10.6. The van der Waals surface area contributed by atoms with Gasteiger partial charge in [0.2, 0.25) is 0 Å². The van der Waals surface area contributed by atoms with E-state index in [-0.39, 0.29) is 0 Å². The van der Waals surface area contributed by atoms with E-state index in [1.54, 1.807) is 17.5 Å². The molecule has 0 amide bonds. The van der Waals surface area contributed by atoms with E-state index in [9.17, 15) is 0 Å². The zero-order valence-corrected chi connectivity index (χ0v) is 10.8. The lowest BCUT2D eigenvalue weighted by atomic mass is 10.1. The maximum Gasteiger partial charge on any atom is 0.273 e. The van der Waals surface area contributed by atoms with Gasteiger partial charge in [0.05, 0.1) is 17.1 Å². The molecular formula is C15H9N2OS+. The van der Waals surface area contributed by atoms with E-state index in [0.717, 1.165) is 22.4 Å². The van der Waals surface area contributed by atoms with Gasteiger partial charge in [0.25, 0.3) is 15.4 Å². The molecule has 0 spiro atoms. The lowest BCUT2D eigenvalue weighted by molar-refractivity contribution is -0.641. The SMILES string of the molecule is c1ccc2c(c1)C[n+]1c-2sc2oc3cnccc3c21. The Kier molecular flexibility index (Phi) is 1.64. The zero-order valence-electron chi connectivity index (χ0n) is 9.96. The molecule has 0 N–H and O–H groups in total. The van der Waals surface area contributed by atoms with Crippen LogP contribution in [-0.2, 0) is 6.54 Å². The molecule has 5 rings (SSSR count). The van der Waals surface area contributed by atoms with Gasteiger partial charge in [-0.25, -0.2) is 0 Å². The molecule has 0 saturated carbocycles. The van der Waals surface area contributed by atoms with Crippen LogP contribution in [0, 0.1) is 0 Å². The van der Waals surface area contributed by atoms with Crippen molar-refractivity contribution < 1.29 is 8.98 Å². The molecule has 0 unspecified atom stereocenters. The minimum Gasteiger partial charge on any atom is -0.437 e. The Balaban J connectivity index is 1.94. The zero-order chi connectivity index (χ0) is 12.4. The molecule has 0 bridgehead atoms. The standard InChI is InChI=1S/C15H9N2OS/c1-2-4-10-9(3-1)8-17-13-11-5-6-16-7-12(11)18-15(13)19-14(10)17/h1-7H,8H2/q+1. The maximum atomic E-state index is 5.90. The summed E-state index contributed by atoms with van der Waals surface area (Å²) in [5.74, 6) is 0. The van der Waals surface area contributed by atoms with E-state index in [0.29, 0.717) is 0 Å². The largest absolute Gasteiger partial charge is 0.437 e. The van der Waals surface area contributed by atoms with Gasteiger partial charge in [0.15, 0.2) is 12.1 Å². The van der Waals surface area contributed by atoms with Gasteiger partial charge in [-0.05, 0) is 23.5 Å². The van der Waals surface area contributed by atoms with Crippen molar-refractivity contribution in [3.63, 3.8) is 0 Å². The summed E-state index contributed by atoms with van der Waals surface area (Å²) in [7, 11) is 0. The molecule has 0 saturated heterocycles. The Morgan fingerprint density at radius 2 is 2.16 bits per heavy atom. The minimum absolute atomic E-state index is 0.870. The normalized spacial score (nSPS) is 13.1. The van der Waals surface area contributed by atoms with Crippen molar-refractivity contribution in [3.8, 4) is 10.6 Å². The molecule has 0 fully saturated rings. The van der Waals surface area contributed by atoms with Crippen LogP contribution in [0.4, 0.5) is 0 Å². The minimum atomic E-state index is 0.870. The predicted molar refractivity (Wildman–Crippen MR) is 74.1 cm³/mol. The molecule has 4 aromatic rings. The Hall–Kier alpha value is -2.20. The summed E-state index contributed by atoms with van der Waals surface area (Å²) in [5, 5.41) is 2.45. The Morgan fingerprint density at radius 1 is 1.21 bits per heavy atom. The molecule has 90 valence electrons. The van der Waals surface area contributed by atoms with Gasteiger partial charge in [-0.3, -0.25) is 4.98 Å². The number of hydrogen-bond donors (Lipinski definition) is 0. The van der Waals surface area contributed by atoms with E-state index < -0.39 is 0 Å². The van der Waals surface area contributed by atoms with Gasteiger partial charge in [-0.2, -0.15) is 4.57 Å². The van der Waals surface area contributed by atoms with E-state index >= 15 is 0 Å². The molecular weight excluding hydrogens is 256 g/mol. The molecule has 1 aliphatic heterocycles. The van der Waals surface area contributed by atoms with E-state index in [2.05, 4.69) is 33.8 Å². The molecule has 4 heterocycles. The first-order chi connectivity index (χ1) is 9.42. The summed E-state index contributed by atoms with van der Waals surface area (Å²) in [5.41, 5.74) is 4.80. The third-order valence-electron chi connectivity index (χ3n) is 3.72. The second-order valence-electron chi connectivity index (χ2n) is 4.76. The summed E-state index contributed by atoms with van der Waals surface area (Å²) in [6.07, 6.45) is 3.61. The van der Waals surface area contributed by atoms with E-state index in [4.69, 9.17) is 4.42 Å². The highest BCUT2D eigenvalue weighted by Crippen LogP contribution is 2.39. The smallest absolute Gasteiger partial charge is 0.273 e. The number of aromatic nitrogens is 2. The fourth-order valence-electron chi connectivity index (χ4n) is 2.87. The van der Waals surface area contributed by atoms with Gasteiger partial charge in [0.1, 0.15) is 0 Å². The van der Waals surface area contributed by atoms with E-state index in [1.165, 1.54) is 21.7 Å². The van der Waals surface area contributed by atoms with Crippen molar-refractivity contribution >= 4 is 32.7 Å². The van der Waals surface area contributed by atoms with Crippen molar-refractivity contribution in [1.82, 2.24) is 4.98 Å². The highest BCUT2D eigenvalue weighted by atomic mass is 32.1. The molecule has 4 heteroatoms. The summed E-state index contributed by atoms with van der Waals surface area (Å²) in [4.78, 5) is 5.12. The van der Waals surface area contributed by atoms with Crippen LogP contribution in [0.25, 0.3) is 32.0 Å². The molecule has 0 atom stereocenters. The van der Waals surface area contributed by atoms with Crippen LogP contribution in [-0.4, -0.2) is 4.98 Å². The average Bonchev–Trinajstić information content (AvgIpc) is 3.05. The van der Waals surface area contributed by atoms with Crippen molar-refractivity contribution in [2.45, 2.75) is 6.54 Å². The lowest BCUT2D eigenvalue weighted by Crippen LogP contribution is -2.30. The number of benzene rings is 1. The number of fused-ring (bicyclic) bond motifs is 7. The number of thiazole rings is 1. The van der Waals surface area contributed by atoms with Crippen molar-refractivity contribution in [2.75, 3.05) is 0 Å². The van der Waals surface area contributed by atoms with Crippen LogP contribution in [0.3, 0.4) is 0 Å². The molecule has 3 nitrogen and oxygen atoms in total. The van der Waals surface area contributed by atoms with Gasteiger partial charge in [0, 0.05) is 11.8 Å². The number of furan rings is 1. The third kappa shape index (κ3) is 1.12. The molecule has 1 aliphatic rings. The van der Waals surface area contributed by atoms with Crippen molar-refractivity contribution in [2.24, 2.45) is 0 Å². The highest BCUT2D eigenvalue weighted by Gasteiger charge is 2.34. The monoisotopic (exact) mass is 265 g/mol. The number of hydrogen-bond acceptors (Lipinski definition) is 3. The first-order valence-electron chi connectivity index (χ1n) is 6.19. The van der Waals surface area contributed by atoms with Crippen molar-refractivity contribution in [3.05, 3.63) is 48.3 Å². The number of pyridine rings is 1. The first kappa shape index (κ1) is 9.69. The second kappa shape index (κ2) is 3.22. The van der Waals surface area contributed by atoms with Crippen LogP contribution in [0.1, 0.15) is 5.56 Å². The fraction of sp³-hybridized carbons (Fsp3) is 0.0667. The quantitative estimate of drug-likeness (QED) is 0.402. The van der Waals surface area contributed by atoms with Crippen LogP contribution >= 0.6 is 11.3 Å². The molecule has 19 heavy (non-hydrogen) atoms. The predicted octanol–water partition coefficient (Wildman–Crippen LogP) is 3.36. The number of nitrogens with zero attached hydrogens (tertiary/aromatic N) is 2. The Bertz CT molecular complexity index is 951. The second-order valence-corrected chi connectivity index (χ2v) is 5.72. The first-order valence-corrected chi connectivity index (χ1v) is 7.00. The molecule has 3 aromatic heterocycles. The van der Waals surface area contributed by atoms with Gasteiger partial charge >= 0.3 is 0 Å². The third-order valence-corrected chi connectivity index (χ3v) is 4.81. The van der Waals surface area contributed by atoms with Gasteiger partial charge in [-0.1, -0.05) is 18.2 Å². The van der Waals surface area contributed by atoms with E-state index in [1.807, 2.05) is 12.3 Å². The molecule has 0 aliphatic carbocycles. The summed E-state index contributed by atoms with van der Waals surface area (Å²) < 4.78 is 8.26. The fourth-order valence-corrected chi connectivity index (χ4v) is 4.07. The average molecular weight is 265 g/mol. The van der Waals surface area contributed by atoms with Crippen molar-refractivity contribution in [1.29, 1.82) is 0 Å². The van der Waals surface area contributed by atoms with Gasteiger partial charge in [-0.15, -0.1) is 0 Å². The maximum absolute atomic E-state index is 5.90.